The summed E-state index contributed by atoms with van der Waals surface area (Å²) in [7, 11) is 1.63. The monoisotopic (exact) mass is 1080 g/mol. The van der Waals surface area contributed by atoms with Crippen molar-refractivity contribution in [3.05, 3.63) is 48.6 Å². The number of rotatable bonds is 60. The maximum absolute atomic E-state index is 13.1. The number of nitrogens with one attached hydrogen (secondary N) is 1. The smallest absolute Gasteiger partial charge is 0.391 e. The second-order valence-electron chi connectivity index (χ2n) is 23.5. The highest BCUT2D eigenvalue weighted by Crippen LogP contribution is 2.43. The molecule has 1 amide bonds. The Bertz CT molecular complexity index is 1360. The van der Waals surface area contributed by atoms with Crippen LogP contribution in [0.5, 0.6) is 0 Å². The second kappa shape index (κ2) is 57.2. The number of phosphoric acid groups is 1. The number of carbonyl (C=O) groups excluding carboxylic acids is 1. The van der Waals surface area contributed by atoms with E-state index in [1.165, 1.54) is 225 Å². The van der Waals surface area contributed by atoms with Crippen LogP contribution in [0.1, 0.15) is 316 Å². The van der Waals surface area contributed by atoms with Gasteiger partial charge in [0, 0.05) is 6.42 Å². The van der Waals surface area contributed by atoms with Crippen molar-refractivity contribution in [2.45, 2.75) is 328 Å². The molecular weight excluding hydrogens is 948 g/mol. The van der Waals surface area contributed by atoms with Gasteiger partial charge in [0.1, 0.15) is 13.2 Å². The minimum absolute atomic E-state index is 0.0758. The fourth-order valence-corrected chi connectivity index (χ4v) is 10.5. The Morgan fingerprint density at radius 3 is 1.17 bits per heavy atom. The third kappa shape index (κ3) is 60.0. The Kier molecular flexibility index (Phi) is 56.0. The first-order chi connectivity index (χ1) is 36.5. The van der Waals surface area contributed by atoms with Gasteiger partial charge in [-0.25, -0.2) is 4.57 Å². The van der Waals surface area contributed by atoms with Crippen molar-refractivity contribution in [3.63, 3.8) is 0 Å². The number of allylic oxidation sites excluding steroid dienone is 8. The predicted molar refractivity (Wildman–Crippen MR) is 327 cm³/mol. The maximum Gasteiger partial charge on any atom is 0.472 e. The van der Waals surface area contributed by atoms with Crippen molar-refractivity contribution < 1.29 is 32.9 Å². The Labute approximate surface area is 467 Å². The van der Waals surface area contributed by atoms with Crippen LogP contribution >= 0.6 is 7.82 Å². The van der Waals surface area contributed by atoms with Crippen molar-refractivity contribution in [3.8, 4) is 0 Å². The number of quaternary nitrogens is 1. The number of hydrogen-bond donors (Lipinski definition) is 3. The summed E-state index contributed by atoms with van der Waals surface area (Å²) >= 11 is 0. The first-order valence-electron chi connectivity index (χ1n) is 32.5. The van der Waals surface area contributed by atoms with E-state index in [0.29, 0.717) is 23.9 Å². The molecule has 3 N–H and O–H groups in total. The molecule has 9 heteroatoms. The fourth-order valence-electron chi connectivity index (χ4n) is 9.81. The van der Waals surface area contributed by atoms with E-state index in [0.717, 1.165) is 64.2 Å². The first-order valence-corrected chi connectivity index (χ1v) is 34.0. The number of aliphatic hydroxyl groups excluding tert-OH is 1. The summed E-state index contributed by atoms with van der Waals surface area (Å²) in [6, 6.07) is -0.761. The molecule has 0 spiro atoms. The quantitative estimate of drug-likeness (QED) is 0.0243. The number of phosphoric ester groups is 1. The van der Waals surface area contributed by atoms with Gasteiger partial charge < -0.3 is 19.8 Å². The molecule has 0 saturated heterocycles. The number of likely N-dealkylation sites (N-methyl/N-ethyl adjacent to an activating group) is 1. The summed E-state index contributed by atoms with van der Waals surface area (Å²) in [5, 5.41) is 14.1. The summed E-state index contributed by atoms with van der Waals surface area (Å²) in [5.41, 5.74) is 0. The molecule has 0 saturated carbocycles. The molecule has 0 aromatic heterocycles. The lowest BCUT2D eigenvalue weighted by atomic mass is 10.0. The van der Waals surface area contributed by atoms with Gasteiger partial charge in [-0.2, -0.15) is 0 Å². The molecule has 0 rings (SSSR count). The summed E-state index contributed by atoms with van der Waals surface area (Å²) in [5.74, 6) is -0.139. The van der Waals surface area contributed by atoms with E-state index < -0.39 is 20.0 Å². The molecule has 75 heavy (non-hydrogen) atoms. The van der Waals surface area contributed by atoms with Gasteiger partial charge in [-0.3, -0.25) is 13.8 Å². The van der Waals surface area contributed by atoms with E-state index in [4.69, 9.17) is 9.05 Å². The van der Waals surface area contributed by atoms with E-state index in [2.05, 4.69) is 67.8 Å². The molecule has 3 unspecified atom stereocenters. The van der Waals surface area contributed by atoms with Crippen LogP contribution in [-0.2, 0) is 18.4 Å². The minimum Gasteiger partial charge on any atom is -0.391 e. The van der Waals surface area contributed by atoms with Crippen LogP contribution in [0.4, 0.5) is 0 Å². The average molecular weight is 1080 g/mol. The van der Waals surface area contributed by atoms with Gasteiger partial charge >= 0.3 is 7.82 Å². The molecule has 0 heterocycles. The van der Waals surface area contributed by atoms with Crippen molar-refractivity contribution in [1.29, 1.82) is 0 Å². The third-order valence-corrected chi connectivity index (χ3v) is 15.8. The van der Waals surface area contributed by atoms with E-state index >= 15 is 0 Å². The molecule has 3 atom stereocenters. The summed E-state index contributed by atoms with van der Waals surface area (Å²) in [6.07, 6.45) is 76.2. The zero-order chi connectivity index (χ0) is 54.9. The number of aliphatic hydroxyl groups is 1. The molecule has 442 valence electrons. The summed E-state index contributed by atoms with van der Waals surface area (Å²) < 4.78 is 23.9. The van der Waals surface area contributed by atoms with Crippen molar-refractivity contribution >= 4 is 13.7 Å². The molecule has 0 aliphatic carbocycles. The standard InChI is InChI=1S/C66H127N2O6P/c1-6-8-10-12-14-16-18-20-22-24-26-28-30-31-32-33-34-35-36-37-38-40-42-44-46-48-50-52-54-56-58-60-66(70)67-64(63-74-75(71,72)73-62-61-68(3,4)5)65(69)59-57-55-53-51-49-47-45-43-41-39-29-27-25-23-21-19-17-15-13-11-9-7-2/h8,10,14,16,20,22,26,28,64-65,69H,6-7,9,11-13,15,17-19,21,23-25,27,29-63H2,1-5H3,(H-,67,70,71,72)/p+1/b10-8-,16-14-,22-20-,28-26-. The molecule has 0 aliphatic heterocycles. The third-order valence-electron chi connectivity index (χ3n) is 14.8. The molecule has 0 fully saturated rings. The SMILES string of the molecule is CC/C=C\C/C=C\C/C=C\C/C=C\CCCCCCCCCCCCCCCCCCCCC(=O)NC(COP(=O)(O)OCC[N+](C)(C)C)C(O)CCCCCCCCCCCCCCCCCCCCCCCC. The van der Waals surface area contributed by atoms with E-state index in [9.17, 15) is 19.4 Å². The van der Waals surface area contributed by atoms with Crippen LogP contribution in [0.25, 0.3) is 0 Å². The normalized spacial score (nSPS) is 14.1. The number of hydrogen-bond acceptors (Lipinski definition) is 5. The van der Waals surface area contributed by atoms with Gasteiger partial charge in [0.15, 0.2) is 0 Å². The van der Waals surface area contributed by atoms with Crippen LogP contribution in [-0.4, -0.2) is 73.4 Å². The van der Waals surface area contributed by atoms with Crippen LogP contribution < -0.4 is 5.32 Å². The van der Waals surface area contributed by atoms with Crippen molar-refractivity contribution in [2.75, 3.05) is 40.9 Å². The van der Waals surface area contributed by atoms with Crippen LogP contribution in [0, 0.1) is 0 Å². The van der Waals surface area contributed by atoms with Gasteiger partial charge in [0.2, 0.25) is 5.91 Å². The van der Waals surface area contributed by atoms with E-state index in [1.54, 1.807) is 0 Å². The van der Waals surface area contributed by atoms with Crippen molar-refractivity contribution in [2.24, 2.45) is 0 Å². The average Bonchev–Trinajstić information content (AvgIpc) is 3.37. The lowest BCUT2D eigenvalue weighted by molar-refractivity contribution is -0.870. The number of carbonyl (C=O) groups is 1. The predicted octanol–water partition coefficient (Wildman–Crippen LogP) is 20.3. The van der Waals surface area contributed by atoms with Gasteiger partial charge in [-0.1, -0.05) is 306 Å². The lowest BCUT2D eigenvalue weighted by Crippen LogP contribution is -2.46. The maximum atomic E-state index is 13.1. The van der Waals surface area contributed by atoms with E-state index in [-0.39, 0.29) is 19.1 Å². The zero-order valence-corrected chi connectivity index (χ0v) is 51.4. The van der Waals surface area contributed by atoms with Crippen molar-refractivity contribution in [1.82, 2.24) is 5.32 Å². The molecule has 0 aliphatic rings. The Hall–Kier alpha value is -1.54. The Morgan fingerprint density at radius 1 is 0.467 bits per heavy atom. The first kappa shape index (κ1) is 73.5. The lowest BCUT2D eigenvalue weighted by Gasteiger charge is -2.26. The number of unbranched alkanes of at least 4 members (excludes halogenated alkanes) is 39. The Balaban J connectivity index is 4.04. The molecule has 0 aromatic rings. The van der Waals surface area contributed by atoms with Crippen LogP contribution in [0.3, 0.4) is 0 Å². The highest BCUT2D eigenvalue weighted by molar-refractivity contribution is 7.47. The van der Waals surface area contributed by atoms with Crippen LogP contribution in [0.2, 0.25) is 0 Å². The highest BCUT2D eigenvalue weighted by Gasteiger charge is 2.28. The van der Waals surface area contributed by atoms with Gasteiger partial charge in [-0.15, -0.1) is 0 Å². The highest BCUT2D eigenvalue weighted by atomic mass is 31.2. The number of amides is 1. The molecule has 0 radical (unpaired) electrons. The molecule has 0 aromatic carbocycles. The van der Waals surface area contributed by atoms with Gasteiger partial charge in [-0.05, 0) is 51.4 Å². The molecule has 0 bridgehead atoms. The van der Waals surface area contributed by atoms with Gasteiger partial charge in [0.05, 0.1) is 39.9 Å². The largest absolute Gasteiger partial charge is 0.472 e. The number of nitrogens with zero attached hydrogens (tertiary/aromatic N) is 1. The topological polar surface area (TPSA) is 105 Å². The molecular formula is C66H128N2O6P+. The minimum atomic E-state index is -4.33. The fraction of sp³-hybridized carbons (Fsp3) is 0.864. The zero-order valence-electron chi connectivity index (χ0n) is 50.6. The Morgan fingerprint density at radius 2 is 0.800 bits per heavy atom. The molecule has 8 nitrogen and oxygen atoms in total. The van der Waals surface area contributed by atoms with Crippen LogP contribution in [0.15, 0.2) is 48.6 Å². The second-order valence-corrected chi connectivity index (χ2v) is 24.9. The summed E-state index contributed by atoms with van der Waals surface area (Å²) in [6.45, 7) is 4.82. The van der Waals surface area contributed by atoms with Gasteiger partial charge in [0.25, 0.3) is 0 Å². The summed E-state index contributed by atoms with van der Waals surface area (Å²) in [4.78, 5) is 23.4. The van der Waals surface area contributed by atoms with E-state index in [1.807, 2.05) is 21.1 Å².